The summed E-state index contributed by atoms with van der Waals surface area (Å²) in [6.45, 7) is 9.03. The molecule has 0 aliphatic carbocycles. The summed E-state index contributed by atoms with van der Waals surface area (Å²) in [5.74, 6) is 1.47. The van der Waals surface area contributed by atoms with Crippen LogP contribution in [-0.4, -0.2) is 30.8 Å². The van der Waals surface area contributed by atoms with Gasteiger partial charge in [-0.25, -0.2) is 0 Å². The second kappa shape index (κ2) is 8.35. The normalized spacial score (nSPS) is 17.9. The molecule has 1 N–H and O–H groups in total. The third-order valence-corrected chi connectivity index (χ3v) is 3.82. The van der Waals surface area contributed by atoms with E-state index in [1.54, 1.807) is 6.20 Å². The number of hydrogen-bond acceptors (Lipinski definition) is 4. The SMILES string of the molecule is CCCNC(c1cncc(OC(C)C)c1)C1CCOCC1. The Balaban J connectivity index is 2.14. The van der Waals surface area contributed by atoms with Gasteiger partial charge in [-0.05, 0) is 57.2 Å². The summed E-state index contributed by atoms with van der Waals surface area (Å²) in [4.78, 5) is 4.37. The van der Waals surface area contributed by atoms with Crippen LogP contribution >= 0.6 is 0 Å². The molecule has 1 aliphatic rings. The Bertz CT molecular complexity index is 417. The van der Waals surface area contributed by atoms with E-state index in [0.717, 1.165) is 44.8 Å². The zero-order valence-electron chi connectivity index (χ0n) is 13.5. The van der Waals surface area contributed by atoms with Crippen LogP contribution in [0.2, 0.25) is 0 Å². The van der Waals surface area contributed by atoms with Gasteiger partial charge in [0.1, 0.15) is 5.75 Å². The van der Waals surface area contributed by atoms with Crippen molar-refractivity contribution in [2.75, 3.05) is 19.8 Å². The summed E-state index contributed by atoms with van der Waals surface area (Å²) < 4.78 is 11.3. The van der Waals surface area contributed by atoms with Crippen molar-refractivity contribution in [2.45, 2.75) is 52.2 Å². The molecule has 0 radical (unpaired) electrons. The maximum Gasteiger partial charge on any atom is 0.138 e. The standard InChI is InChI=1S/C17H28N2O2/c1-4-7-19-17(14-5-8-20-9-6-14)15-10-16(12-18-11-15)21-13(2)3/h10-14,17,19H,4-9H2,1-3H3. The fourth-order valence-electron chi connectivity index (χ4n) is 2.85. The summed E-state index contributed by atoms with van der Waals surface area (Å²) in [6.07, 6.45) is 7.29. The second-order valence-electron chi connectivity index (χ2n) is 6.00. The molecule has 2 heterocycles. The Morgan fingerprint density at radius 2 is 2.10 bits per heavy atom. The first kappa shape index (κ1) is 16.2. The van der Waals surface area contributed by atoms with Gasteiger partial charge >= 0.3 is 0 Å². The smallest absolute Gasteiger partial charge is 0.138 e. The predicted octanol–water partition coefficient (Wildman–Crippen LogP) is 3.34. The van der Waals surface area contributed by atoms with Crippen molar-refractivity contribution in [2.24, 2.45) is 5.92 Å². The van der Waals surface area contributed by atoms with Gasteiger partial charge in [-0.1, -0.05) is 6.92 Å². The Morgan fingerprint density at radius 3 is 2.76 bits per heavy atom. The Morgan fingerprint density at radius 1 is 1.33 bits per heavy atom. The van der Waals surface area contributed by atoms with Gasteiger partial charge in [0.05, 0.1) is 12.3 Å². The molecule has 1 saturated heterocycles. The van der Waals surface area contributed by atoms with Gasteiger partial charge in [-0.2, -0.15) is 0 Å². The summed E-state index contributed by atoms with van der Waals surface area (Å²) in [5, 5.41) is 3.68. The summed E-state index contributed by atoms with van der Waals surface area (Å²) in [7, 11) is 0. The van der Waals surface area contributed by atoms with Crippen LogP contribution in [0.25, 0.3) is 0 Å². The molecule has 1 atom stereocenters. The van der Waals surface area contributed by atoms with Crippen LogP contribution in [0, 0.1) is 5.92 Å². The average Bonchev–Trinajstić information content (AvgIpc) is 2.48. The topological polar surface area (TPSA) is 43.4 Å². The molecule has 118 valence electrons. The van der Waals surface area contributed by atoms with Crippen LogP contribution < -0.4 is 10.1 Å². The Kier molecular flexibility index (Phi) is 6.46. The fraction of sp³-hybridized carbons (Fsp3) is 0.706. The highest BCUT2D eigenvalue weighted by molar-refractivity contribution is 5.26. The molecular weight excluding hydrogens is 264 g/mol. The molecule has 1 aromatic rings. The molecule has 0 amide bonds. The van der Waals surface area contributed by atoms with E-state index >= 15 is 0 Å². The van der Waals surface area contributed by atoms with E-state index in [2.05, 4.69) is 23.3 Å². The van der Waals surface area contributed by atoms with E-state index in [1.165, 1.54) is 5.56 Å². The van der Waals surface area contributed by atoms with Gasteiger partial charge in [-0.3, -0.25) is 4.98 Å². The van der Waals surface area contributed by atoms with Gasteiger partial charge in [0.15, 0.2) is 0 Å². The minimum absolute atomic E-state index is 0.173. The molecule has 2 rings (SSSR count). The zero-order chi connectivity index (χ0) is 15.1. The highest BCUT2D eigenvalue weighted by Crippen LogP contribution is 2.31. The lowest BCUT2D eigenvalue weighted by Gasteiger charge is -2.31. The molecule has 0 aromatic carbocycles. The van der Waals surface area contributed by atoms with E-state index in [0.29, 0.717) is 12.0 Å². The monoisotopic (exact) mass is 292 g/mol. The van der Waals surface area contributed by atoms with Crippen molar-refractivity contribution in [3.8, 4) is 5.75 Å². The first-order valence-electron chi connectivity index (χ1n) is 8.13. The van der Waals surface area contributed by atoms with Crippen LogP contribution in [0.3, 0.4) is 0 Å². The fourth-order valence-corrected chi connectivity index (χ4v) is 2.85. The maximum absolute atomic E-state index is 5.78. The minimum Gasteiger partial charge on any atom is -0.489 e. The number of nitrogens with zero attached hydrogens (tertiary/aromatic N) is 1. The maximum atomic E-state index is 5.78. The van der Waals surface area contributed by atoms with Gasteiger partial charge in [0.25, 0.3) is 0 Å². The third kappa shape index (κ3) is 4.97. The molecule has 4 heteroatoms. The zero-order valence-corrected chi connectivity index (χ0v) is 13.5. The van der Waals surface area contributed by atoms with E-state index in [-0.39, 0.29) is 6.10 Å². The van der Waals surface area contributed by atoms with Crippen molar-refractivity contribution in [1.29, 1.82) is 0 Å². The Hall–Kier alpha value is -1.13. The first-order chi connectivity index (χ1) is 10.2. The van der Waals surface area contributed by atoms with Crippen molar-refractivity contribution in [1.82, 2.24) is 10.3 Å². The molecule has 0 saturated carbocycles. The minimum atomic E-state index is 0.173. The molecule has 4 nitrogen and oxygen atoms in total. The summed E-state index contributed by atoms with van der Waals surface area (Å²) in [6, 6.07) is 2.48. The van der Waals surface area contributed by atoms with Crippen LogP contribution in [0.1, 0.15) is 51.6 Å². The van der Waals surface area contributed by atoms with Crippen LogP contribution in [0.15, 0.2) is 18.5 Å². The van der Waals surface area contributed by atoms with E-state index in [1.807, 2.05) is 20.0 Å². The lowest BCUT2D eigenvalue weighted by molar-refractivity contribution is 0.0535. The molecule has 1 fully saturated rings. The molecule has 0 bridgehead atoms. The average molecular weight is 292 g/mol. The van der Waals surface area contributed by atoms with Crippen LogP contribution in [-0.2, 0) is 4.74 Å². The van der Waals surface area contributed by atoms with Crippen molar-refractivity contribution < 1.29 is 9.47 Å². The van der Waals surface area contributed by atoms with Crippen LogP contribution in [0.5, 0.6) is 5.75 Å². The van der Waals surface area contributed by atoms with Crippen molar-refractivity contribution >= 4 is 0 Å². The molecular formula is C17H28N2O2. The highest BCUT2D eigenvalue weighted by Gasteiger charge is 2.25. The summed E-state index contributed by atoms with van der Waals surface area (Å²) >= 11 is 0. The van der Waals surface area contributed by atoms with Gasteiger partial charge < -0.3 is 14.8 Å². The number of ether oxygens (including phenoxy) is 2. The largest absolute Gasteiger partial charge is 0.489 e. The van der Waals surface area contributed by atoms with Crippen LogP contribution in [0.4, 0.5) is 0 Å². The van der Waals surface area contributed by atoms with E-state index in [9.17, 15) is 0 Å². The van der Waals surface area contributed by atoms with Crippen molar-refractivity contribution in [3.05, 3.63) is 24.0 Å². The number of nitrogens with one attached hydrogen (secondary N) is 1. The van der Waals surface area contributed by atoms with Crippen molar-refractivity contribution in [3.63, 3.8) is 0 Å². The molecule has 1 unspecified atom stereocenters. The quantitative estimate of drug-likeness (QED) is 0.837. The molecule has 0 spiro atoms. The van der Waals surface area contributed by atoms with E-state index in [4.69, 9.17) is 9.47 Å². The lowest BCUT2D eigenvalue weighted by Crippen LogP contribution is -2.32. The second-order valence-corrected chi connectivity index (χ2v) is 6.00. The number of aromatic nitrogens is 1. The third-order valence-electron chi connectivity index (χ3n) is 3.82. The summed E-state index contributed by atoms with van der Waals surface area (Å²) in [5.41, 5.74) is 1.23. The van der Waals surface area contributed by atoms with E-state index < -0.39 is 0 Å². The van der Waals surface area contributed by atoms with Gasteiger partial charge in [0, 0.05) is 25.5 Å². The number of rotatable bonds is 7. The van der Waals surface area contributed by atoms with Gasteiger partial charge in [0.2, 0.25) is 0 Å². The molecule has 1 aromatic heterocycles. The van der Waals surface area contributed by atoms with Gasteiger partial charge in [-0.15, -0.1) is 0 Å². The predicted molar refractivity (Wildman–Crippen MR) is 84.6 cm³/mol. The molecule has 1 aliphatic heterocycles. The number of hydrogen-bond donors (Lipinski definition) is 1. The number of pyridine rings is 1. The Labute approximate surface area is 128 Å². The lowest BCUT2D eigenvalue weighted by atomic mass is 9.87. The molecule has 21 heavy (non-hydrogen) atoms. The first-order valence-corrected chi connectivity index (χ1v) is 8.13. The highest BCUT2D eigenvalue weighted by atomic mass is 16.5.